The Labute approximate surface area is 102 Å². The van der Waals surface area contributed by atoms with Crippen LogP contribution in [0.4, 0.5) is 0 Å². The van der Waals surface area contributed by atoms with Crippen molar-refractivity contribution in [3.63, 3.8) is 0 Å². The molecule has 74 valence electrons. The number of benzene rings is 2. The molecule has 2 radical (unpaired) electrons. The van der Waals surface area contributed by atoms with Crippen LogP contribution in [0.2, 0.25) is 0 Å². The molecule has 1 nitrogen and oxygen atoms in total. The Morgan fingerprint density at radius 3 is 2.00 bits per heavy atom. The van der Waals surface area contributed by atoms with Gasteiger partial charge >= 0.3 is 103 Å². The molecule has 0 fully saturated rings. The van der Waals surface area contributed by atoms with Crippen LogP contribution in [0.1, 0.15) is 0 Å². The maximum absolute atomic E-state index is 5.14. The van der Waals surface area contributed by atoms with E-state index in [0.29, 0.717) is 0 Å². The van der Waals surface area contributed by atoms with E-state index in [2.05, 4.69) is 42.5 Å². The van der Waals surface area contributed by atoms with Crippen LogP contribution in [0.3, 0.4) is 0 Å². The van der Waals surface area contributed by atoms with Gasteiger partial charge in [-0.25, -0.2) is 0 Å². The Bertz CT molecular complexity index is 408. The fourth-order valence-corrected chi connectivity index (χ4v) is 5.35. The van der Waals surface area contributed by atoms with Crippen LogP contribution in [-0.4, -0.2) is 31.3 Å². The zero-order chi connectivity index (χ0) is 10.5. The first-order chi connectivity index (χ1) is 7.38. The van der Waals surface area contributed by atoms with Crippen molar-refractivity contribution in [1.29, 1.82) is 0 Å². The van der Waals surface area contributed by atoms with E-state index >= 15 is 0 Å². The second kappa shape index (κ2) is 5.30. The molecule has 0 aliphatic rings. The molecule has 0 aromatic heterocycles. The standard InChI is InChI=1S/C7H7O.C6H5.Pb/c1-8-7-5-3-2-4-6-7;1-2-4-6-5-3-1;/h3-6H,1H3;1-5H;. The Morgan fingerprint density at radius 1 is 0.800 bits per heavy atom. The normalized spacial score (nSPS) is 9.93. The van der Waals surface area contributed by atoms with Gasteiger partial charge in [0.2, 0.25) is 0 Å². The van der Waals surface area contributed by atoms with Crippen molar-refractivity contribution < 1.29 is 4.74 Å². The zero-order valence-electron chi connectivity index (χ0n) is 8.60. The zero-order valence-corrected chi connectivity index (χ0v) is 12.5. The predicted octanol–water partition coefficient (Wildman–Crippen LogP) is 1.35. The molecular formula is C13H12OPb. The molecule has 0 heterocycles. The third kappa shape index (κ3) is 3.06. The Morgan fingerprint density at radius 2 is 1.40 bits per heavy atom. The molecule has 0 bridgehead atoms. The number of hydrogen-bond acceptors (Lipinski definition) is 1. The minimum atomic E-state index is -0.829. The van der Waals surface area contributed by atoms with Gasteiger partial charge in [0.05, 0.1) is 0 Å². The Hall–Kier alpha value is -0.838. The van der Waals surface area contributed by atoms with E-state index in [0.717, 1.165) is 5.75 Å². The number of rotatable bonds is 3. The van der Waals surface area contributed by atoms with Crippen molar-refractivity contribution in [2.75, 3.05) is 7.11 Å². The first-order valence-electron chi connectivity index (χ1n) is 4.84. The molecule has 0 saturated heterocycles. The molecular weight excluding hydrogens is 379 g/mol. The Balaban J connectivity index is 2.11. The van der Waals surface area contributed by atoms with Crippen LogP contribution >= 0.6 is 0 Å². The molecule has 0 aliphatic heterocycles. The van der Waals surface area contributed by atoms with Crippen molar-refractivity contribution in [2.45, 2.75) is 0 Å². The van der Waals surface area contributed by atoms with Gasteiger partial charge in [0, 0.05) is 0 Å². The summed E-state index contributed by atoms with van der Waals surface area (Å²) in [4.78, 5) is 0. The van der Waals surface area contributed by atoms with Crippen molar-refractivity contribution in [1.82, 2.24) is 0 Å². The summed E-state index contributed by atoms with van der Waals surface area (Å²) in [6, 6.07) is 19.2. The summed E-state index contributed by atoms with van der Waals surface area (Å²) in [5.74, 6) is 0.940. The first kappa shape index (κ1) is 10.7. The molecule has 0 amide bonds. The van der Waals surface area contributed by atoms with Crippen molar-refractivity contribution >= 4 is 30.5 Å². The van der Waals surface area contributed by atoms with Crippen LogP contribution < -0.4 is 11.0 Å². The van der Waals surface area contributed by atoms with E-state index in [4.69, 9.17) is 4.74 Å². The molecule has 0 unspecified atom stereocenters. The topological polar surface area (TPSA) is 9.23 Å². The third-order valence-corrected chi connectivity index (χ3v) is 6.99. The van der Waals surface area contributed by atoms with Gasteiger partial charge in [-0.1, -0.05) is 0 Å². The second-order valence-electron chi connectivity index (χ2n) is 3.22. The summed E-state index contributed by atoms with van der Waals surface area (Å²) in [5, 5.41) is 0. The molecule has 2 rings (SSSR count). The van der Waals surface area contributed by atoms with E-state index in [1.807, 2.05) is 12.1 Å². The van der Waals surface area contributed by atoms with Crippen molar-refractivity contribution in [2.24, 2.45) is 0 Å². The molecule has 2 aromatic carbocycles. The minimum absolute atomic E-state index is 0.829. The summed E-state index contributed by atoms with van der Waals surface area (Å²) < 4.78 is 8.17. The fraction of sp³-hybridized carbons (Fsp3) is 0.0769. The molecule has 0 N–H and O–H groups in total. The number of ether oxygens (including phenoxy) is 1. The van der Waals surface area contributed by atoms with Crippen LogP contribution in [0, 0.1) is 0 Å². The van der Waals surface area contributed by atoms with Gasteiger partial charge in [0.25, 0.3) is 0 Å². The third-order valence-electron chi connectivity index (χ3n) is 2.15. The maximum atomic E-state index is 5.14. The average molecular weight is 391 g/mol. The summed E-state index contributed by atoms with van der Waals surface area (Å²) in [6.45, 7) is 0. The summed E-state index contributed by atoms with van der Waals surface area (Å²) in [5.41, 5.74) is 0. The summed E-state index contributed by atoms with van der Waals surface area (Å²) in [7, 11) is 1.70. The number of methoxy groups -OCH3 is 1. The van der Waals surface area contributed by atoms with Crippen LogP contribution in [0.25, 0.3) is 0 Å². The van der Waals surface area contributed by atoms with Crippen molar-refractivity contribution in [3.05, 3.63) is 54.6 Å². The van der Waals surface area contributed by atoms with Crippen LogP contribution in [-0.2, 0) is 0 Å². The number of hydrogen-bond donors (Lipinski definition) is 0. The summed E-state index contributed by atoms with van der Waals surface area (Å²) >= 11 is -0.829. The van der Waals surface area contributed by atoms with Gasteiger partial charge in [0.15, 0.2) is 0 Å². The molecule has 0 spiro atoms. The monoisotopic (exact) mass is 392 g/mol. The summed E-state index contributed by atoms with van der Waals surface area (Å²) in [6.07, 6.45) is 0. The van der Waals surface area contributed by atoms with Crippen LogP contribution in [0.5, 0.6) is 5.75 Å². The second-order valence-corrected chi connectivity index (χ2v) is 8.68. The molecule has 0 saturated carbocycles. The van der Waals surface area contributed by atoms with Crippen LogP contribution in [0.15, 0.2) is 54.6 Å². The van der Waals surface area contributed by atoms with Crippen molar-refractivity contribution in [3.8, 4) is 5.75 Å². The molecule has 0 aliphatic carbocycles. The van der Waals surface area contributed by atoms with Gasteiger partial charge in [-0.05, 0) is 0 Å². The van der Waals surface area contributed by atoms with E-state index in [9.17, 15) is 0 Å². The average Bonchev–Trinajstić information content (AvgIpc) is 2.31. The van der Waals surface area contributed by atoms with Gasteiger partial charge < -0.3 is 0 Å². The van der Waals surface area contributed by atoms with E-state index < -0.39 is 24.2 Å². The van der Waals surface area contributed by atoms with E-state index in [-0.39, 0.29) is 0 Å². The van der Waals surface area contributed by atoms with Gasteiger partial charge in [-0.2, -0.15) is 0 Å². The Kier molecular flexibility index (Phi) is 3.77. The fourth-order valence-electron chi connectivity index (χ4n) is 1.36. The molecule has 2 aromatic rings. The predicted molar refractivity (Wildman–Crippen MR) is 64.5 cm³/mol. The SMILES string of the molecule is COc1cc[c]([Pb][c]2ccccc2)cc1. The molecule has 15 heavy (non-hydrogen) atoms. The quantitative estimate of drug-likeness (QED) is 0.718. The molecule has 2 heteroatoms. The first-order valence-corrected chi connectivity index (χ1v) is 8.73. The molecule has 0 atom stereocenters. The van der Waals surface area contributed by atoms with E-state index in [1.165, 1.54) is 6.25 Å². The van der Waals surface area contributed by atoms with Gasteiger partial charge in [0.1, 0.15) is 0 Å². The van der Waals surface area contributed by atoms with Gasteiger partial charge in [-0.15, -0.1) is 0 Å². The van der Waals surface area contributed by atoms with E-state index in [1.54, 1.807) is 7.11 Å². The van der Waals surface area contributed by atoms with Gasteiger partial charge in [-0.3, -0.25) is 0 Å².